The van der Waals surface area contributed by atoms with Crippen LogP contribution in [-0.4, -0.2) is 59.5 Å². The summed E-state index contributed by atoms with van der Waals surface area (Å²) >= 11 is 0. The highest BCUT2D eigenvalue weighted by Gasteiger charge is 2.52. The Bertz CT molecular complexity index is 1850. The number of hydrogen-bond acceptors (Lipinski definition) is 8. The van der Waals surface area contributed by atoms with E-state index in [0.717, 1.165) is 12.8 Å². The maximum atomic E-state index is 14.0. The largest absolute Gasteiger partial charge is 0.460 e. The fraction of sp³-hybridized carbons (Fsp3) is 0.242. The number of hydrogen-bond donors (Lipinski definition) is 0. The van der Waals surface area contributed by atoms with Crippen molar-refractivity contribution in [2.75, 3.05) is 18.1 Å². The predicted molar refractivity (Wildman–Crippen MR) is 167 cm³/mol. The van der Waals surface area contributed by atoms with Crippen LogP contribution in [0.25, 0.3) is 4.85 Å². The van der Waals surface area contributed by atoms with E-state index in [2.05, 4.69) is 11.4 Å². The lowest BCUT2D eigenvalue weighted by atomic mass is 9.97. The fourth-order valence-corrected chi connectivity index (χ4v) is 9.61. The van der Waals surface area contributed by atoms with E-state index >= 15 is 0 Å². The van der Waals surface area contributed by atoms with Gasteiger partial charge in [-0.05, 0) is 30.4 Å². The highest BCUT2D eigenvalue weighted by atomic mass is 32.2. The minimum absolute atomic E-state index is 0.0190. The molecule has 0 spiro atoms. The van der Waals surface area contributed by atoms with Gasteiger partial charge in [-0.3, -0.25) is 4.79 Å². The third-order valence-electron chi connectivity index (χ3n) is 7.75. The van der Waals surface area contributed by atoms with Crippen molar-refractivity contribution >= 4 is 43.2 Å². The molecule has 6 rings (SSSR count). The molecule has 0 saturated carbocycles. The van der Waals surface area contributed by atoms with Crippen molar-refractivity contribution in [1.29, 1.82) is 0 Å². The molecular formula is C33H28N2O8S2. The predicted octanol–water partition coefficient (Wildman–Crippen LogP) is 4.67. The lowest BCUT2D eigenvalue weighted by Crippen LogP contribution is -2.47. The van der Waals surface area contributed by atoms with E-state index in [0.29, 0.717) is 26.9 Å². The summed E-state index contributed by atoms with van der Waals surface area (Å²) in [6.07, 6.45) is 2.32. The van der Waals surface area contributed by atoms with Gasteiger partial charge in [0.25, 0.3) is 20.9 Å². The van der Waals surface area contributed by atoms with Gasteiger partial charge in [-0.25, -0.2) is 22.4 Å². The Morgan fingerprint density at radius 3 is 2.16 bits per heavy atom. The molecule has 12 heteroatoms. The molecule has 0 N–H and O–H groups in total. The van der Waals surface area contributed by atoms with Crippen LogP contribution in [0.3, 0.4) is 0 Å². The van der Waals surface area contributed by atoms with Crippen molar-refractivity contribution in [3.63, 3.8) is 0 Å². The number of esters is 1. The van der Waals surface area contributed by atoms with Crippen LogP contribution in [0.4, 0.5) is 0 Å². The SMILES string of the molecule is [C-]#[N+]C(C(=O)C[C@@H](C(=O)OCC=C)N1C(=O)c2cc3c(cc2S1(=O)=O)OC(c1ccccc1)(c1ccccc1)O3)=S1CCCC1. The number of carbonyl (C=O) groups is 3. The molecule has 0 aromatic heterocycles. The Hall–Kier alpha value is -4.73. The van der Waals surface area contributed by atoms with Gasteiger partial charge in [0.05, 0.1) is 12.1 Å². The Kier molecular flexibility index (Phi) is 8.07. The molecule has 10 nitrogen and oxygen atoms in total. The molecule has 3 aliphatic rings. The lowest BCUT2D eigenvalue weighted by Gasteiger charge is -2.28. The van der Waals surface area contributed by atoms with Gasteiger partial charge < -0.3 is 19.0 Å². The molecule has 0 aliphatic carbocycles. The van der Waals surface area contributed by atoms with E-state index in [1.54, 1.807) is 0 Å². The number of nitrogens with zero attached hydrogens (tertiary/aromatic N) is 2. The molecule has 1 fully saturated rings. The van der Waals surface area contributed by atoms with E-state index in [1.165, 1.54) is 18.2 Å². The van der Waals surface area contributed by atoms with Gasteiger partial charge in [0.1, 0.15) is 11.5 Å². The lowest BCUT2D eigenvalue weighted by molar-refractivity contribution is -0.147. The van der Waals surface area contributed by atoms with Crippen LogP contribution in [0.1, 0.15) is 40.7 Å². The van der Waals surface area contributed by atoms with Crippen molar-refractivity contribution < 1.29 is 37.0 Å². The van der Waals surface area contributed by atoms with E-state index in [1.807, 2.05) is 60.7 Å². The molecule has 0 bridgehead atoms. The minimum Gasteiger partial charge on any atom is -0.460 e. The summed E-state index contributed by atoms with van der Waals surface area (Å²) in [7, 11) is -5.25. The average molecular weight is 645 g/mol. The average Bonchev–Trinajstić information content (AvgIpc) is 3.76. The summed E-state index contributed by atoms with van der Waals surface area (Å²) in [5.41, 5.74) is 1.04. The summed E-state index contributed by atoms with van der Waals surface area (Å²) < 4.78 is 46.3. The zero-order valence-electron chi connectivity index (χ0n) is 24.0. The van der Waals surface area contributed by atoms with Crippen molar-refractivity contribution in [1.82, 2.24) is 4.31 Å². The van der Waals surface area contributed by atoms with Gasteiger partial charge in [-0.2, -0.15) is 10.5 Å². The third-order valence-corrected chi connectivity index (χ3v) is 12.0. The quantitative estimate of drug-likeness (QED) is 0.143. The number of sulfonamides is 1. The summed E-state index contributed by atoms with van der Waals surface area (Å²) in [6, 6.07) is 18.9. The molecule has 3 aliphatic heterocycles. The van der Waals surface area contributed by atoms with Crippen molar-refractivity contribution in [2.24, 2.45) is 0 Å². The van der Waals surface area contributed by atoms with Crippen LogP contribution in [0.15, 0.2) is 90.3 Å². The highest BCUT2D eigenvalue weighted by Crippen LogP contribution is 2.51. The smallest absolute Gasteiger partial charge is 0.330 e. The van der Waals surface area contributed by atoms with E-state index in [9.17, 15) is 22.8 Å². The Morgan fingerprint density at radius 1 is 1.02 bits per heavy atom. The molecule has 3 aromatic carbocycles. The van der Waals surface area contributed by atoms with Crippen molar-refractivity contribution in [3.05, 3.63) is 114 Å². The minimum atomic E-state index is -4.67. The van der Waals surface area contributed by atoms with Crippen molar-refractivity contribution in [2.45, 2.75) is 36.0 Å². The van der Waals surface area contributed by atoms with Crippen LogP contribution in [-0.2, 0) is 30.1 Å². The fourth-order valence-electron chi connectivity index (χ4n) is 5.67. The van der Waals surface area contributed by atoms with Gasteiger partial charge in [-0.15, -0.1) is 0 Å². The first-order chi connectivity index (χ1) is 21.7. The number of ether oxygens (including phenoxy) is 3. The van der Waals surface area contributed by atoms with Gasteiger partial charge in [-0.1, -0.05) is 73.3 Å². The number of amides is 1. The zero-order valence-corrected chi connectivity index (χ0v) is 25.6. The molecule has 1 saturated heterocycles. The standard InChI is InChI=1S/C33H28N2O8S2/c1-3-16-41-32(38)25(20-26(36)30(34-2)44-17-10-11-18-44)35-31(37)24-19-27-28(21-29(24)45(35,39)40)43-33(42-27,22-12-6-4-7-13-22)23-14-8-5-9-15-23/h3-9,12-15,19,21,25H,1,10-11,16-18,20H2/t25-/m0/s1. The number of rotatable bonds is 9. The number of carbonyl (C=O) groups excluding carboxylic acids is 3. The summed E-state index contributed by atoms with van der Waals surface area (Å²) in [6.45, 7) is 10.8. The third kappa shape index (κ3) is 5.22. The maximum Gasteiger partial charge on any atom is 0.330 e. The molecule has 3 aromatic rings. The van der Waals surface area contributed by atoms with E-state index in [4.69, 9.17) is 20.8 Å². The van der Waals surface area contributed by atoms with Crippen molar-refractivity contribution in [3.8, 4) is 11.5 Å². The Balaban J connectivity index is 1.39. The highest BCUT2D eigenvalue weighted by molar-refractivity contribution is 8.17. The molecule has 1 amide bonds. The van der Waals surface area contributed by atoms with Crippen LogP contribution in [0, 0.1) is 6.57 Å². The number of ketones is 1. The Morgan fingerprint density at radius 2 is 1.60 bits per heavy atom. The number of benzene rings is 3. The zero-order chi connectivity index (χ0) is 31.8. The molecule has 3 heterocycles. The van der Waals surface area contributed by atoms with Crippen LogP contribution in [0.2, 0.25) is 0 Å². The van der Waals surface area contributed by atoms with Gasteiger partial charge in [0, 0.05) is 23.6 Å². The molecule has 45 heavy (non-hydrogen) atoms. The second-order valence-corrected chi connectivity index (χ2v) is 14.5. The van der Waals surface area contributed by atoms with Gasteiger partial charge in [0.15, 0.2) is 23.3 Å². The first-order valence-corrected chi connectivity index (χ1v) is 17.2. The number of Topliss-reactive ketones (excluding diaryl/α,β-unsaturated/α-hetero) is 1. The molecule has 1 atom stereocenters. The van der Waals surface area contributed by atoms with E-state index < -0.39 is 61.3 Å². The Labute approximate surface area is 263 Å². The van der Waals surface area contributed by atoms with Gasteiger partial charge >= 0.3 is 11.8 Å². The van der Waals surface area contributed by atoms with Crippen LogP contribution < -0.4 is 9.47 Å². The molecule has 0 unspecified atom stereocenters. The monoisotopic (exact) mass is 644 g/mol. The first-order valence-electron chi connectivity index (χ1n) is 14.2. The first kappa shape index (κ1) is 30.3. The van der Waals surface area contributed by atoms with E-state index in [-0.39, 0.29) is 28.7 Å². The second kappa shape index (κ2) is 12.0. The summed E-state index contributed by atoms with van der Waals surface area (Å²) in [4.78, 5) is 43.5. The maximum absolute atomic E-state index is 14.0. The van der Waals surface area contributed by atoms with Crippen LogP contribution in [0.5, 0.6) is 11.5 Å². The normalized spacial score (nSPS) is 18.1. The topological polar surface area (TPSA) is 121 Å². The number of fused-ring (bicyclic) bond motifs is 2. The van der Waals surface area contributed by atoms with Gasteiger partial charge in [0.2, 0.25) is 0 Å². The second-order valence-electron chi connectivity index (χ2n) is 10.5. The summed E-state index contributed by atoms with van der Waals surface area (Å²) in [5, 5.41) is 0. The molecule has 0 radical (unpaired) electrons. The molecular weight excluding hydrogens is 617 g/mol. The summed E-state index contributed by atoms with van der Waals surface area (Å²) in [5.74, 6) is -2.69. The van der Waals surface area contributed by atoms with Crippen LogP contribution >= 0.6 is 10.5 Å². The molecule has 230 valence electrons.